The summed E-state index contributed by atoms with van der Waals surface area (Å²) in [4.78, 5) is 4.14. The lowest BCUT2D eigenvalue weighted by molar-refractivity contribution is 0.271. The van der Waals surface area contributed by atoms with E-state index in [2.05, 4.69) is 25.2 Å². The first-order valence-corrected chi connectivity index (χ1v) is 5.14. The molecular formula is C12H15N2O. The Morgan fingerprint density at radius 3 is 3.00 bits per heavy atom. The van der Waals surface area contributed by atoms with Crippen LogP contribution >= 0.6 is 0 Å². The Morgan fingerprint density at radius 2 is 2.27 bits per heavy atom. The Morgan fingerprint density at radius 1 is 1.47 bits per heavy atom. The maximum absolute atomic E-state index is 5.64. The van der Waals surface area contributed by atoms with Crippen molar-refractivity contribution in [1.82, 2.24) is 9.55 Å². The molecule has 2 rings (SSSR count). The van der Waals surface area contributed by atoms with Crippen LogP contribution in [0.15, 0.2) is 18.2 Å². The number of fused-ring (bicyclic) bond motifs is 1. The average molecular weight is 203 g/mol. The molecule has 0 spiro atoms. The Hall–Kier alpha value is -1.51. The quantitative estimate of drug-likeness (QED) is 0.766. The van der Waals surface area contributed by atoms with Gasteiger partial charge in [0.1, 0.15) is 5.75 Å². The van der Waals surface area contributed by atoms with E-state index < -0.39 is 0 Å². The predicted octanol–water partition coefficient (Wildman–Crippen LogP) is 2.41. The fraction of sp³-hybridized carbons (Fsp3) is 0.417. The number of rotatable bonds is 3. The number of aryl methyl sites for hydroxylation is 1. The molecule has 0 bridgehead atoms. The first-order chi connectivity index (χ1) is 7.16. The minimum Gasteiger partial charge on any atom is -0.493 e. The molecule has 0 N–H and O–H groups in total. The summed E-state index contributed by atoms with van der Waals surface area (Å²) in [5.74, 6) is 1.44. The second-order valence-electron chi connectivity index (χ2n) is 4.13. The lowest BCUT2D eigenvalue weighted by Gasteiger charge is -2.08. The van der Waals surface area contributed by atoms with Gasteiger partial charge in [0.2, 0.25) is 0 Å². The predicted molar refractivity (Wildman–Crippen MR) is 59.9 cm³/mol. The lowest BCUT2D eigenvalue weighted by atomic mass is 10.2. The third-order valence-electron chi connectivity index (χ3n) is 2.21. The van der Waals surface area contributed by atoms with Crippen molar-refractivity contribution in [3.05, 3.63) is 24.5 Å². The normalized spacial score (nSPS) is 11.2. The largest absolute Gasteiger partial charge is 0.493 e. The van der Waals surface area contributed by atoms with E-state index in [1.54, 1.807) is 0 Å². The highest BCUT2D eigenvalue weighted by molar-refractivity contribution is 5.76. The SMILES string of the molecule is CC(C)COc1ccc2n[c]n(C)c2c1. The molecule has 3 heteroatoms. The molecule has 1 heterocycles. The van der Waals surface area contributed by atoms with Crippen LogP contribution in [0.25, 0.3) is 11.0 Å². The molecule has 1 radical (unpaired) electrons. The molecule has 0 saturated heterocycles. The highest BCUT2D eigenvalue weighted by atomic mass is 16.5. The van der Waals surface area contributed by atoms with Crippen molar-refractivity contribution in [2.75, 3.05) is 6.61 Å². The second kappa shape index (κ2) is 3.93. The molecule has 15 heavy (non-hydrogen) atoms. The van der Waals surface area contributed by atoms with E-state index in [0.29, 0.717) is 5.92 Å². The van der Waals surface area contributed by atoms with Crippen molar-refractivity contribution in [2.45, 2.75) is 13.8 Å². The minimum absolute atomic E-state index is 0.541. The number of ether oxygens (including phenoxy) is 1. The van der Waals surface area contributed by atoms with Crippen LogP contribution in [0.3, 0.4) is 0 Å². The number of aromatic nitrogens is 2. The molecule has 3 nitrogen and oxygen atoms in total. The highest BCUT2D eigenvalue weighted by Crippen LogP contribution is 2.19. The van der Waals surface area contributed by atoms with Crippen LogP contribution in [0.2, 0.25) is 0 Å². The summed E-state index contributed by atoms with van der Waals surface area (Å²) in [5.41, 5.74) is 2.01. The summed E-state index contributed by atoms with van der Waals surface area (Å²) in [7, 11) is 1.93. The standard InChI is InChI=1S/C12H15N2O/c1-9(2)7-15-10-4-5-11-12(6-10)14(3)8-13-11/h4-6,9H,7H2,1-3H3. The van der Waals surface area contributed by atoms with Crippen molar-refractivity contribution >= 4 is 11.0 Å². The molecule has 0 atom stereocenters. The molecule has 0 aliphatic heterocycles. The highest BCUT2D eigenvalue weighted by Gasteiger charge is 2.02. The number of benzene rings is 1. The van der Waals surface area contributed by atoms with Gasteiger partial charge in [0.05, 0.1) is 17.6 Å². The topological polar surface area (TPSA) is 27.1 Å². The Balaban J connectivity index is 2.25. The van der Waals surface area contributed by atoms with Gasteiger partial charge in [-0.05, 0) is 18.1 Å². The Bertz CT molecular complexity index is 460. The van der Waals surface area contributed by atoms with Crippen LogP contribution < -0.4 is 4.74 Å². The molecule has 0 amide bonds. The van der Waals surface area contributed by atoms with E-state index in [0.717, 1.165) is 23.4 Å². The molecule has 0 aliphatic carbocycles. The van der Waals surface area contributed by atoms with E-state index in [9.17, 15) is 0 Å². The van der Waals surface area contributed by atoms with Gasteiger partial charge in [-0.3, -0.25) is 0 Å². The smallest absolute Gasteiger partial charge is 0.177 e. The minimum atomic E-state index is 0.541. The van der Waals surface area contributed by atoms with Crippen molar-refractivity contribution < 1.29 is 4.74 Å². The number of nitrogens with zero attached hydrogens (tertiary/aromatic N) is 2. The van der Waals surface area contributed by atoms with Crippen LogP contribution in [-0.4, -0.2) is 16.2 Å². The van der Waals surface area contributed by atoms with Crippen LogP contribution in [0.5, 0.6) is 5.75 Å². The maximum Gasteiger partial charge on any atom is 0.177 e. The van der Waals surface area contributed by atoms with E-state index >= 15 is 0 Å². The van der Waals surface area contributed by atoms with Gasteiger partial charge in [0, 0.05) is 13.1 Å². The number of hydrogen-bond acceptors (Lipinski definition) is 2. The van der Waals surface area contributed by atoms with Crippen molar-refractivity contribution in [3.8, 4) is 5.75 Å². The zero-order chi connectivity index (χ0) is 10.8. The van der Waals surface area contributed by atoms with Crippen LogP contribution in [0.1, 0.15) is 13.8 Å². The fourth-order valence-electron chi connectivity index (χ4n) is 1.40. The number of hydrogen-bond donors (Lipinski definition) is 0. The van der Waals surface area contributed by atoms with Gasteiger partial charge in [0.25, 0.3) is 0 Å². The Labute approximate surface area is 89.7 Å². The number of imidazole rings is 1. The molecule has 0 aliphatic rings. The van der Waals surface area contributed by atoms with E-state index in [1.807, 2.05) is 29.8 Å². The first kappa shape index (κ1) is 10.0. The van der Waals surface area contributed by atoms with Crippen LogP contribution in [0, 0.1) is 12.2 Å². The molecule has 0 fully saturated rings. The van der Waals surface area contributed by atoms with Crippen LogP contribution in [0.4, 0.5) is 0 Å². The average Bonchev–Trinajstić information content (AvgIpc) is 2.57. The summed E-state index contributed by atoms with van der Waals surface area (Å²) >= 11 is 0. The molecular weight excluding hydrogens is 188 g/mol. The summed E-state index contributed by atoms with van der Waals surface area (Å²) < 4.78 is 7.52. The van der Waals surface area contributed by atoms with Gasteiger partial charge in [-0.1, -0.05) is 13.8 Å². The third-order valence-corrected chi connectivity index (χ3v) is 2.21. The molecule has 0 unspecified atom stereocenters. The van der Waals surface area contributed by atoms with E-state index in [1.165, 1.54) is 0 Å². The van der Waals surface area contributed by atoms with Crippen molar-refractivity contribution in [3.63, 3.8) is 0 Å². The summed E-state index contributed by atoms with van der Waals surface area (Å²) in [6.07, 6.45) is 2.88. The van der Waals surface area contributed by atoms with Gasteiger partial charge in [0.15, 0.2) is 6.33 Å². The van der Waals surface area contributed by atoms with Gasteiger partial charge < -0.3 is 9.30 Å². The molecule has 79 valence electrons. The van der Waals surface area contributed by atoms with E-state index in [-0.39, 0.29) is 0 Å². The summed E-state index contributed by atoms with van der Waals surface area (Å²) in [6.45, 7) is 5.01. The summed E-state index contributed by atoms with van der Waals surface area (Å²) in [5, 5.41) is 0. The van der Waals surface area contributed by atoms with Gasteiger partial charge >= 0.3 is 0 Å². The van der Waals surface area contributed by atoms with Gasteiger partial charge in [-0.2, -0.15) is 0 Å². The Kier molecular flexibility index (Phi) is 2.62. The van der Waals surface area contributed by atoms with Crippen molar-refractivity contribution in [1.29, 1.82) is 0 Å². The first-order valence-electron chi connectivity index (χ1n) is 5.14. The molecule has 2 aromatic rings. The lowest BCUT2D eigenvalue weighted by Crippen LogP contribution is -2.04. The molecule has 1 aromatic heterocycles. The van der Waals surface area contributed by atoms with Crippen molar-refractivity contribution in [2.24, 2.45) is 13.0 Å². The van der Waals surface area contributed by atoms with Crippen LogP contribution in [-0.2, 0) is 7.05 Å². The van der Waals surface area contributed by atoms with Gasteiger partial charge in [-0.15, -0.1) is 0 Å². The fourth-order valence-corrected chi connectivity index (χ4v) is 1.40. The van der Waals surface area contributed by atoms with Gasteiger partial charge in [-0.25, -0.2) is 4.98 Å². The second-order valence-corrected chi connectivity index (χ2v) is 4.13. The van der Waals surface area contributed by atoms with E-state index in [4.69, 9.17) is 4.74 Å². The molecule has 1 aromatic carbocycles. The maximum atomic E-state index is 5.64. The molecule has 0 saturated carbocycles. The monoisotopic (exact) mass is 203 g/mol. The zero-order valence-electron chi connectivity index (χ0n) is 9.32. The summed E-state index contributed by atoms with van der Waals surface area (Å²) in [6, 6.07) is 5.91. The zero-order valence-corrected chi connectivity index (χ0v) is 9.32. The third kappa shape index (κ3) is 2.12.